The Balaban J connectivity index is 1.71. The largest absolute Gasteiger partial charge is 0.334 e. The molecule has 0 aliphatic heterocycles. The minimum absolute atomic E-state index is 0.307. The predicted octanol–water partition coefficient (Wildman–Crippen LogP) is 4.22. The van der Waals surface area contributed by atoms with Crippen LogP contribution in [0, 0.1) is 5.82 Å². The number of aromatic nitrogens is 3. The lowest BCUT2D eigenvalue weighted by Crippen LogP contribution is -1.86. The van der Waals surface area contributed by atoms with Gasteiger partial charge in [-0.25, -0.2) is 9.37 Å². The monoisotopic (exact) mass is 321 g/mol. The van der Waals surface area contributed by atoms with E-state index in [1.807, 2.05) is 0 Å². The molecule has 21 heavy (non-hydrogen) atoms. The molecule has 0 fully saturated rings. The fourth-order valence-corrected chi connectivity index (χ4v) is 2.64. The normalized spacial score (nSPS) is 10.8. The van der Waals surface area contributed by atoms with Crippen molar-refractivity contribution in [2.45, 2.75) is 10.8 Å². The summed E-state index contributed by atoms with van der Waals surface area (Å²) in [5, 5.41) is 5.19. The third-order valence-electron chi connectivity index (χ3n) is 2.62. The summed E-state index contributed by atoms with van der Waals surface area (Å²) in [6.07, 6.45) is 1.67. The van der Waals surface area contributed by atoms with Gasteiger partial charge in [-0.05, 0) is 36.4 Å². The van der Waals surface area contributed by atoms with E-state index in [2.05, 4.69) is 15.1 Å². The first kappa shape index (κ1) is 14.0. The zero-order valence-electron chi connectivity index (χ0n) is 10.7. The summed E-state index contributed by atoms with van der Waals surface area (Å²) in [5.41, 5.74) is 0.677. The molecule has 0 amide bonds. The quantitative estimate of drug-likeness (QED) is 0.673. The average molecular weight is 322 g/mol. The third-order valence-corrected chi connectivity index (χ3v) is 4.04. The van der Waals surface area contributed by atoms with E-state index in [0.717, 1.165) is 0 Å². The van der Waals surface area contributed by atoms with Crippen molar-refractivity contribution in [2.24, 2.45) is 0 Å². The van der Waals surface area contributed by atoms with Crippen molar-refractivity contribution >= 4 is 23.4 Å². The van der Waals surface area contributed by atoms with Crippen LogP contribution in [0.5, 0.6) is 0 Å². The van der Waals surface area contributed by atoms with Gasteiger partial charge in [-0.2, -0.15) is 4.98 Å². The molecule has 0 saturated carbocycles. The van der Waals surface area contributed by atoms with Gasteiger partial charge in [0.05, 0.1) is 10.8 Å². The van der Waals surface area contributed by atoms with Gasteiger partial charge in [-0.1, -0.05) is 28.5 Å². The van der Waals surface area contributed by atoms with Gasteiger partial charge in [-0.3, -0.25) is 0 Å². The van der Waals surface area contributed by atoms with Crippen LogP contribution in [0.15, 0.2) is 52.1 Å². The van der Waals surface area contributed by atoms with Crippen LogP contribution in [0.3, 0.4) is 0 Å². The molecule has 0 aliphatic rings. The highest BCUT2D eigenvalue weighted by Gasteiger charge is 2.10. The van der Waals surface area contributed by atoms with E-state index < -0.39 is 0 Å². The van der Waals surface area contributed by atoms with Crippen molar-refractivity contribution in [1.82, 2.24) is 15.1 Å². The number of benzene rings is 1. The maximum atomic E-state index is 12.9. The Morgan fingerprint density at radius 3 is 2.76 bits per heavy atom. The molecule has 0 N–H and O–H groups in total. The minimum atomic E-state index is -0.307. The van der Waals surface area contributed by atoms with Crippen molar-refractivity contribution in [3.63, 3.8) is 0 Å². The highest BCUT2D eigenvalue weighted by Crippen LogP contribution is 2.27. The van der Waals surface area contributed by atoms with Crippen LogP contribution in [0.4, 0.5) is 4.39 Å². The molecule has 2 heterocycles. The molecule has 3 aromatic rings. The standard InChI is InChI=1S/C14H9ClFN3OS/c15-11-2-1-7-17-14(11)21-8-12-18-13(20-19-12)9-3-5-10(16)6-4-9/h1-7H,8H2. The van der Waals surface area contributed by atoms with E-state index in [4.69, 9.17) is 16.1 Å². The molecule has 0 radical (unpaired) electrons. The van der Waals surface area contributed by atoms with E-state index >= 15 is 0 Å². The summed E-state index contributed by atoms with van der Waals surface area (Å²) in [6, 6.07) is 9.43. The molecule has 0 spiro atoms. The van der Waals surface area contributed by atoms with E-state index in [1.165, 1.54) is 23.9 Å². The van der Waals surface area contributed by atoms with Crippen molar-refractivity contribution in [1.29, 1.82) is 0 Å². The van der Waals surface area contributed by atoms with Gasteiger partial charge in [-0.15, -0.1) is 0 Å². The zero-order valence-corrected chi connectivity index (χ0v) is 12.2. The molecule has 0 atom stereocenters. The van der Waals surface area contributed by atoms with E-state index in [0.29, 0.717) is 33.1 Å². The Kier molecular flexibility index (Phi) is 4.17. The molecule has 106 valence electrons. The molecule has 4 nitrogen and oxygen atoms in total. The Labute approximate surface area is 129 Å². The minimum Gasteiger partial charge on any atom is -0.334 e. The average Bonchev–Trinajstić information content (AvgIpc) is 2.96. The summed E-state index contributed by atoms with van der Waals surface area (Å²) >= 11 is 7.45. The van der Waals surface area contributed by atoms with Crippen LogP contribution in [0.2, 0.25) is 5.02 Å². The SMILES string of the molecule is Fc1ccc(-c2nc(CSc3ncccc3Cl)no2)cc1. The van der Waals surface area contributed by atoms with Gasteiger partial charge in [0.25, 0.3) is 5.89 Å². The number of thioether (sulfide) groups is 1. The maximum Gasteiger partial charge on any atom is 0.257 e. The van der Waals surface area contributed by atoms with Crippen molar-refractivity contribution in [3.05, 3.63) is 59.3 Å². The smallest absolute Gasteiger partial charge is 0.257 e. The lowest BCUT2D eigenvalue weighted by molar-refractivity contribution is 0.425. The molecule has 0 saturated heterocycles. The molecular formula is C14H9ClFN3OS. The first-order chi connectivity index (χ1) is 10.2. The van der Waals surface area contributed by atoms with Gasteiger partial charge < -0.3 is 4.52 Å². The second kappa shape index (κ2) is 6.24. The van der Waals surface area contributed by atoms with Crippen LogP contribution in [-0.4, -0.2) is 15.1 Å². The van der Waals surface area contributed by atoms with Crippen LogP contribution >= 0.6 is 23.4 Å². The number of halogens is 2. The second-order valence-electron chi connectivity index (χ2n) is 4.10. The van der Waals surface area contributed by atoms with Crippen LogP contribution in [-0.2, 0) is 5.75 Å². The summed E-state index contributed by atoms with van der Waals surface area (Å²) < 4.78 is 18.0. The molecule has 0 aliphatic carbocycles. The van der Waals surface area contributed by atoms with E-state index in [1.54, 1.807) is 30.5 Å². The van der Waals surface area contributed by atoms with Gasteiger partial charge >= 0.3 is 0 Å². The van der Waals surface area contributed by atoms with Crippen molar-refractivity contribution in [2.75, 3.05) is 0 Å². The van der Waals surface area contributed by atoms with Gasteiger partial charge in [0.1, 0.15) is 10.8 Å². The topological polar surface area (TPSA) is 51.8 Å². The van der Waals surface area contributed by atoms with Crippen LogP contribution < -0.4 is 0 Å². The molecule has 3 rings (SSSR count). The number of pyridine rings is 1. The number of nitrogens with zero attached hydrogens (tertiary/aromatic N) is 3. The van der Waals surface area contributed by atoms with Crippen LogP contribution in [0.1, 0.15) is 5.82 Å². The van der Waals surface area contributed by atoms with Crippen LogP contribution in [0.25, 0.3) is 11.5 Å². The second-order valence-corrected chi connectivity index (χ2v) is 5.47. The van der Waals surface area contributed by atoms with Crippen molar-refractivity contribution in [3.8, 4) is 11.5 Å². The van der Waals surface area contributed by atoms with Gasteiger partial charge in [0, 0.05) is 11.8 Å². The number of rotatable bonds is 4. The Bertz CT molecular complexity index is 748. The molecule has 7 heteroatoms. The molecule has 1 aromatic carbocycles. The molecular weight excluding hydrogens is 313 g/mol. The zero-order chi connectivity index (χ0) is 14.7. The van der Waals surface area contributed by atoms with E-state index in [9.17, 15) is 4.39 Å². The summed E-state index contributed by atoms with van der Waals surface area (Å²) in [7, 11) is 0. The number of hydrogen-bond donors (Lipinski definition) is 0. The van der Waals surface area contributed by atoms with E-state index in [-0.39, 0.29) is 5.82 Å². The van der Waals surface area contributed by atoms with Gasteiger partial charge in [0.2, 0.25) is 0 Å². The summed E-state index contributed by atoms with van der Waals surface area (Å²) in [5.74, 6) is 1.07. The Morgan fingerprint density at radius 1 is 1.19 bits per heavy atom. The highest BCUT2D eigenvalue weighted by atomic mass is 35.5. The van der Waals surface area contributed by atoms with Gasteiger partial charge in [0.15, 0.2) is 5.82 Å². The lowest BCUT2D eigenvalue weighted by Gasteiger charge is -1.99. The fourth-order valence-electron chi connectivity index (χ4n) is 1.63. The maximum absolute atomic E-state index is 12.9. The summed E-state index contributed by atoms with van der Waals surface area (Å²) in [6.45, 7) is 0. The Morgan fingerprint density at radius 2 is 2.00 bits per heavy atom. The highest BCUT2D eigenvalue weighted by molar-refractivity contribution is 7.98. The predicted molar refractivity (Wildman–Crippen MR) is 78.5 cm³/mol. The molecule has 2 aromatic heterocycles. The molecule has 0 unspecified atom stereocenters. The lowest BCUT2D eigenvalue weighted by atomic mass is 10.2. The summed E-state index contributed by atoms with van der Waals surface area (Å²) in [4.78, 5) is 8.43. The Hall–Kier alpha value is -1.92. The van der Waals surface area contributed by atoms with Crippen molar-refractivity contribution < 1.29 is 8.91 Å². The first-order valence-corrected chi connectivity index (χ1v) is 7.40. The third kappa shape index (κ3) is 3.40. The molecule has 0 bridgehead atoms. The number of hydrogen-bond acceptors (Lipinski definition) is 5. The first-order valence-electron chi connectivity index (χ1n) is 6.04. The fraction of sp³-hybridized carbons (Fsp3) is 0.0714.